The van der Waals surface area contributed by atoms with Gasteiger partial charge in [-0.1, -0.05) is 36.4 Å². The fourth-order valence-electron chi connectivity index (χ4n) is 3.66. The van der Waals surface area contributed by atoms with E-state index in [-0.39, 0.29) is 16.2 Å². The molecule has 0 spiro atoms. The molecule has 0 saturated heterocycles. The highest BCUT2D eigenvalue weighted by molar-refractivity contribution is 7.90. The second-order valence-corrected chi connectivity index (χ2v) is 9.33. The van der Waals surface area contributed by atoms with Crippen molar-refractivity contribution in [3.63, 3.8) is 0 Å². The number of rotatable bonds is 7. The van der Waals surface area contributed by atoms with Gasteiger partial charge in [-0.15, -0.1) is 0 Å². The summed E-state index contributed by atoms with van der Waals surface area (Å²) in [5, 5.41) is 2.99. The third-order valence-corrected chi connectivity index (χ3v) is 6.91. The van der Waals surface area contributed by atoms with Gasteiger partial charge in [0.15, 0.2) is 0 Å². The Kier molecular flexibility index (Phi) is 6.13. The van der Waals surface area contributed by atoms with E-state index in [4.69, 9.17) is 5.73 Å². The standard InChI is InChI=1S/C25H22FN3O3S/c1-28-15-17-12-24(22-10-2-3-11-23(22)26)29(16-17)33(31,32)21-9-5-7-19(14-21)18-6-4-8-20(13-18)25(27)30/h2-14,16,28H,15H2,1H3,(H2,27,30). The lowest BCUT2D eigenvalue weighted by Crippen LogP contribution is -2.14. The molecule has 1 aromatic heterocycles. The van der Waals surface area contributed by atoms with Gasteiger partial charge in [-0.2, -0.15) is 0 Å². The minimum atomic E-state index is -4.06. The van der Waals surface area contributed by atoms with Gasteiger partial charge in [-0.3, -0.25) is 4.79 Å². The van der Waals surface area contributed by atoms with Crippen molar-refractivity contribution in [2.24, 2.45) is 5.73 Å². The van der Waals surface area contributed by atoms with Gasteiger partial charge in [0.05, 0.1) is 10.6 Å². The first-order valence-electron chi connectivity index (χ1n) is 10.2. The molecule has 0 atom stereocenters. The molecule has 33 heavy (non-hydrogen) atoms. The van der Waals surface area contributed by atoms with Gasteiger partial charge in [-0.25, -0.2) is 16.8 Å². The second-order valence-electron chi connectivity index (χ2n) is 7.52. The van der Waals surface area contributed by atoms with Crippen LogP contribution >= 0.6 is 0 Å². The van der Waals surface area contributed by atoms with Crippen LogP contribution in [0.2, 0.25) is 0 Å². The Labute approximate surface area is 191 Å². The van der Waals surface area contributed by atoms with Crippen LogP contribution in [0.25, 0.3) is 22.4 Å². The molecule has 1 amide bonds. The summed E-state index contributed by atoms with van der Waals surface area (Å²) in [6.07, 6.45) is 1.49. The van der Waals surface area contributed by atoms with Gasteiger partial charge >= 0.3 is 0 Å². The van der Waals surface area contributed by atoms with Crippen LogP contribution in [0.15, 0.2) is 90.0 Å². The molecule has 0 aliphatic carbocycles. The van der Waals surface area contributed by atoms with Crippen molar-refractivity contribution < 1.29 is 17.6 Å². The van der Waals surface area contributed by atoms with E-state index in [0.29, 0.717) is 28.8 Å². The third-order valence-electron chi connectivity index (χ3n) is 5.24. The number of nitrogens with zero attached hydrogens (tertiary/aromatic N) is 1. The average molecular weight is 464 g/mol. The molecular formula is C25H22FN3O3S. The molecule has 3 aromatic carbocycles. The number of halogens is 1. The fraction of sp³-hybridized carbons (Fsp3) is 0.0800. The van der Waals surface area contributed by atoms with Gasteiger partial charge in [0, 0.05) is 23.9 Å². The Morgan fingerprint density at radius 1 is 0.970 bits per heavy atom. The van der Waals surface area contributed by atoms with Crippen molar-refractivity contribution >= 4 is 15.9 Å². The number of nitrogens with two attached hydrogens (primary N) is 1. The van der Waals surface area contributed by atoms with Crippen LogP contribution in [0.5, 0.6) is 0 Å². The van der Waals surface area contributed by atoms with Gasteiger partial charge in [0.2, 0.25) is 5.91 Å². The van der Waals surface area contributed by atoms with Crippen LogP contribution in [-0.4, -0.2) is 25.3 Å². The van der Waals surface area contributed by atoms with Crippen LogP contribution < -0.4 is 11.1 Å². The first-order valence-corrected chi connectivity index (χ1v) is 11.6. The van der Waals surface area contributed by atoms with Crippen molar-refractivity contribution in [1.82, 2.24) is 9.29 Å². The summed E-state index contributed by atoms with van der Waals surface area (Å²) < 4.78 is 43.0. The van der Waals surface area contributed by atoms with Crippen LogP contribution in [-0.2, 0) is 16.6 Å². The highest BCUT2D eigenvalue weighted by Crippen LogP contribution is 2.30. The third kappa shape index (κ3) is 4.44. The van der Waals surface area contributed by atoms with Crippen molar-refractivity contribution in [2.75, 3.05) is 7.05 Å². The number of aromatic nitrogens is 1. The number of carbonyl (C=O) groups excluding carboxylic acids is 1. The smallest absolute Gasteiger partial charge is 0.268 e. The van der Waals surface area contributed by atoms with Gasteiger partial charge < -0.3 is 11.1 Å². The number of benzene rings is 3. The summed E-state index contributed by atoms with van der Waals surface area (Å²) in [6.45, 7) is 0.421. The summed E-state index contributed by atoms with van der Waals surface area (Å²) in [6, 6.07) is 20.8. The van der Waals surface area contributed by atoms with Gasteiger partial charge in [0.25, 0.3) is 10.0 Å². The maximum Gasteiger partial charge on any atom is 0.268 e. The lowest BCUT2D eigenvalue weighted by atomic mass is 10.0. The molecule has 0 saturated carbocycles. The molecule has 3 N–H and O–H groups in total. The first kappa shape index (κ1) is 22.4. The quantitative estimate of drug-likeness (QED) is 0.433. The Bertz CT molecular complexity index is 1440. The molecule has 168 valence electrons. The Morgan fingerprint density at radius 3 is 2.36 bits per heavy atom. The van der Waals surface area contributed by atoms with E-state index in [1.54, 1.807) is 67.7 Å². The molecule has 0 fully saturated rings. The minimum absolute atomic E-state index is 0.0358. The number of hydrogen-bond acceptors (Lipinski definition) is 4. The van der Waals surface area contributed by atoms with Gasteiger partial charge in [-0.05, 0) is 66.2 Å². The van der Waals surface area contributed by atoms with Crippen molar-refractivity contribution in [1.29, 1.82) is 0 Å². The highest BCUT2D eigenvalue weighted by atomic mass is 32.2. The van der Waals surface area contributed by atoms with E-state index in [2.05, 4.69) is 5.32 Å². The second kappa shape index (κ2) is 9.01. The average Bonchev–Trinajstić information content (AvgIpc) is 3.24. The summed E-state index contributed by atoms with van der Waals surface area (Å²) in [5.74, 6) is -1.08. The van der Waals surface area contributed by atoms with E-state index in [9.17, 15) is 17.6 Å². The maximum atomic E-state index is 14.6. The van der Waals surface area contributed by atoms with Crippen molar-refractivity contribution in [3.05, 3.63) is 102 Å². The predicted octanol–water partition coefficient (Wildman–Crippen LogP) is 4.02. The molecule has 4 aromatic rings. The topological polar surface area (TPSA) is 94.2 Å². The largest absolute Gasteiger partial charge is 0.366 e. The maximum absolute atomic E-state index is 14.6. The van der Waals surface area contributed by atoms with E-state index < -0.39 is 21.7 Å². The molecule has 0 radical (unpaired) electrons. The molecule has 0 aliphatic heterocycles. The van der Waals surface area contributed by atoms with E-state index in [0.717, 1.165) is 3.97 Å². The molecule has 1 heterocycles. The van der Waals surface area contributed by atoms with E-state index in [1.165, 1.54) is 24.4 Å². The highest BCUT2D eigenvalue weighted by Gasteiger charge is 2.23. The van der Waals surface area contributed by atoms with E-state index in [1.807, 2.05) is 0 Å². The minimum Gasteiger partial charge on any atom is -0.366 e. The zero-order valence-electron chi connectivity index (χ0n) is 17.8. The lowest BCUT2D eigenvalue weighted by molar-refractivity contribution is 0.100. The summed E-state index contributed by atoms with van der Waals surface area (Å²) in [4.78, 5) is 11.6. The van der Waals surface area contributed by atoms with Crippen LogP contribution in [0.3, 0.4) is 0 Å². The monoisotopic (exact) mass is 463 g/mol. The number of hydrogen-bond donors (Lipinski definition) is 2. The number of primary amides is 1. The lowest BCUT2D eigenvalue weighted by Gasteiger charge is -2.12. The molecule has 0 unspecified atom stereocenters. The van der Waals surface area contributed by atoms with Crippen molar-refractivity contribution in [2.45, 2.75) is 11.4 Å². The van der Waals surface area contributed by atoms with Crippen LogP contribution in [0, 0.1) is 5.82 Å². The summed E-state index contributed by atoms with van der Waals surface area (Å²) in [7, 11) is -2.31. The molecule has 0 bridgehead atoms. The van der Waals surface area contributed by atoms with Crippen LogP contribution in [0.4, 0.5) is 4.39 Å². The van der Waals surface area contributed by atoms with Gasteiger partial charge in [0.1, 0.15) is 5.82 Å². The molecule has 6 nitrogen and oxygen atoms in total. The molecule has 8 heteroatoms. The predicted molar refractivity (Wildman–Crippen MR) is 126 cm³/mol. The number of nitrogens with one attached hydrogen (secondary N) is 1. The SMILES string of the molecule is CNCc1cc(-c2ccccc2F)n(S(=O)(=O)c2cccc(-c3cccc(C(N)=O)c3)c2)c1. The van der Waals surface area contributed by atoms with Crippen LogP contribution in [0.1, 0.15) is 15.9 Å². The van der Waals surface area contributed by atoms with Crippen molar-refractivity contribution in [3.8, 4) is 22.4 Å². The molecule has 0 aliphatic rings. The summed E-state index contributed by atoms with van der Waals surface area (Å²) in [5.41, 5.74) is 8.08. The zero-order valence-corrected chi connectivity index (χ0v) is 18.6. The first-order chi connectivity index (χ1) is 15.8. The normalized spacial score (nSPS) is 11.5. The summed E-state index contributed by atoms with van der Waals surface area (Å²) >= 11 is 0. The molecular weight excluding hydrogens is 441 g/mol. The zero-order chi connectivity index (χ0) is 23.6. The van der Waals surface area contributed by atoms with E-state index >= 15 is 0 Å². The number of carbonyl (C=O) groups is 1. The Balaban J connectivity index is 1.85. The Morgan fingerprint density at radius 2 is 1.67 bits per heavy atom. The fourth-order valence-corrected chi connectivity index (χ4v) is 5.10. The molecule has 4 rings (SSSR count). The number of amides is 1. The Hall–Kier alpha value is -3.75.